The number of imidazole rings is 1. The number of rotatable bonds is 2. The average molecular weight is 330 g/mol. The van der Waals surface area contributed by atoms with Crippen LogP contribution >= 0.6 is 15.9 Å². The Labute approximate surface area is 114 Å². The summed E-state index contributed by atoms with van der Waals surface area (Å²) in [5, 5.41) is 0. The van der Waals surface area contributed by atoms with Crippen LogP contribution in [0.15, 0.2) is 15.6 Å². The number of halogens is 1. The molecule has 1 N–H and O–H groups in total. The van der Waals surface area contributed by atoms with Gasteiger partial charge in [-0.05, 0) is 15.9 Å². The van der Waals surface area contributed by atoms with Gasteiger partial charge in [-0.3, -0.25) is 9.59 Å². The van der Waals surface area contributed by atoms with Gasteiger partial charge in [0.25, 0.3) is 0 Å². The molecule has 0 aromatic carbocycles. The van der Waals surface area contributed by atoms with E-state index >= 15 is 0 Å². The Morgan fingerprint density at radius 1 is 1.47 bits per heavy atom. The first-order valence-corrected chi connectivity index (χ1v) is 5.81. The summed E-state index contributed by atoms with van der Waals surface area (Å²) in [6.07, 6.45) is 1.46. The predicted molar refractivity (Wildman–Crippen MR) is 66.2 cm³/mol. The van der Waals surface area contributed by atoms with Crippen LogP contribution in [0, 0.1) is 0 Å². The maximum atomic E-state index is 12.2. The summed E-state index contributed by atoms with van der Waals surface area (Å²) in [5.74, 6) is -1.97. The fraction of sp³-hybridized carbons (Fsp3) is 0.200. The molecule has 0 spiro atoms. The molecule has 0 aliphatic heterocycles. The van der Waals surface area contributed by atoms with Crippen LogP contribution in [0.25, 0.3) is 5.78 Å². The van der Waals surface area contributed by atoms with Gasteiger partial charge in [-0.15, -0.1) is 0 Å². The Hall–Kier alpha value is -2.16. The number of carbonyl (C=O) groups excluding carboxylic acids is 2. The van der Waals surface area contributed by atoms with Gasteiger partial charge in [0, 0.05) is 13.1 Å². The highest BCUT2D eigenvalue weighted by Gasteiger charge is 2.24. The fourth-order valence-corrected chi connectivity index (χ4v) is 1.90. The third kappa shape index (κ3) is 2.24. The lowest BCUT2D eigenvalue weighted by Gasteiger charge is -2.06. The molecule has 9 heteroatoms. The molecule has 19 heavy (non-hydrogen) atoms. The number of hydrogen-bond acceptors (Lipinski definition) is 6. The van der Waals surface area contributed by atoms with Gasteiger partial charge in [0.1, 0.15) is 4.60 Å². The van der Waals surface area contributed by atoms with Crippen LogP contribution in [0.1, 0.15) is 17.4 Å². The van der Waals surface area contributed by atoms with Gasteiger partial charge >= 0.3 is 17.5 Å². The number of nitrogens with zero attached hydrogens (tertiary/aromatic N) is 2. The Morgan fingerprint density at radius 2 is 2.16 bits per heavy atom. The van der Waals surface area contributed by atoms with Crippen molar-refractivity contribution in [2.24, 2.45) is 0 Å². The van der Waals surface area contributed by atoms with E-state index in [4.69, 9.17) is 4.74 Å². The number of methoxy groups -OCH3 is 1. The van der Waals surface area contributed by atoms with Gasteiger partial charge in [-0.25, -0.2) is 14.2 Å². The Morgan fingerprint density at radius 3 is 2.74 bits per heavy atom. The maximum Gasteiger partial charge on any atom is 0.360 e. The zero-order valence-electron chi connectivity index (χ0n) is 9.89. The van der Waals surface area contributed by atoms with Crippen LogP contribution in [-0.4, -0.2) is 33.4 Å². The molecule has 0 amide bonds. The molecule has 0 saturated heterocycles. The largest absolute Gasteiger partial charge is 0.464 e. The van der Waals surface area contributed by atoms with Crippen molar-refractivity contribution in [1.29, 1.82) is 0 Å². The minimum absolute atomic E-state index is 0.119. The van der Waals surface area contributed by atoms with Gasteiger partial charge in [0.05, 0.1) is 7.11 Å². The third-order valence-corrected chi connectivity index (χ3v) is 2.78. The second kappa shape index (κ2) is 4.84. The molecule has 0 unspecified atom stereocenters. The van der Waals surface area contributed by atoms with E-state index in [0.29, 0.717) is 4.60 Å². The number of nitrogens with one attached hydrogen (secondary N) is 1. The highest BCUT2D eigenvalue weighted by Crippen LogP contribution is 2.16. The first-order valence-electron chi connectivity index (χ1n) is 5.02. The summed E-state index contributed by atoms with van der Waals surface area (Å²) in [4.78, 5) is 41.4. The fourth-order valence-electron chi connectivity index (χ4n) is 1.46. The minimum Gasteiger partial charge on any atom is -0.464 e. The van der Waals surface area contributed by atoms with Crippen LogP contribution in [-0.2, 0) is 9.53 Å². The Bertz CT molecular complexity index is 733. The monoisotopic (exact) mass is 329 g/mol. The average Bonchev–Trinajstić information content (AvgIpc) is 2.73. The SMILES string of the molecule is COC(=O)c1nc2[nH]cc(Br)n2c(=O)c1OC(C)=O. The number of carbonyl (C=O) groups is 2. The molecule has 0 aliphatic carbocycles. The number of ether oxygens (including phenoxy) is 2. The molecular formula is C10H8BrN3O5. The van der Waals surface area contributed by atoms with Crippen molar-refractivity contribution >= 4 is 33.6 Å². The first-order chi connectivity index (χ1) is 8.95. The zero-order chi connectivity index (χ0) is 14.2. The van der Waals surface area contributed by atoms with Crippen molar-refractivity contribution in [3.05, 3.63) is 26.8 Å². The molecule has 0 aliphatic rings. The molecule has 8 nitrogen and oxygen atoms in total. The highest BCUT2D eigenvalue weighted by atomic mass is 79.9. The van der Waals surface area contributed by atoms with Gasteiger partial charge in [-0.2, -0.15) is 0 Å². The Balaban J connectivity index is 2.82. The molecule has 2 heterocycles. The van der Waals surface area contributed by atoms with Crippen molar-refractivity contribution in [2.75, 3.05) is 7.11 Å². The number of fused-ring (bicyclic) bond motifs is 1. The summed E-state index contributed by atoms with van der Waals surface area (Å²) >= 11 is 3.13. The van der Waals surface area contributed by atoms with E-state index in [1.54, 1.807) is 0 Å². The molecule has 0 saturated carbocycles. The summed E-state index contributed by atoms with van der Waals surface area (Å²) in [6.45, 7) is 1.11. The second-order valence-corrected chi connectivity index (χ2v) is 4.26. The van der Waals surface area contributed by atoms with Gasteiger partial charge < -0.3 is 14.5 Å². The first kappa shape index (κ1) is 13.3. The summed E-state index contributed by atoms with van der Waals surface area (Å²) in [5.41, 5.74) is -1.06. The number of aromatic amines is 1. The summed E-state index contributed by atoms with van der Waals surface area (Å²) in [6, 6.07) is 0. The topological polar surface area (TPSA) is 103 Å². The van der Waals surface area contributed by atoms with E-state index < -0.39 is 23.2 Å². The molecule has 2 aromatic rings. The number of aromatic nitrogens is 3. The Kier molecular flexibility index (Phi) is 3.38. The van der Waals surface area contributed by atoms with E-state index in [2.05, 4.69) is 30.6 Å². The molecule has 0 bridgehead atoms. The molecular weight excluding hydrogens is 322 g/mol. The second-order valence-electron chi connectivity index (χ2n) is 3.45. The maximum absolute atomic E-state index is 12.2. The predicted octanol–water partition coefficient (Wildman–Crippen LogP) is 0.497. The third-order valence-electron chi connectivity index (χ3n) is 2.20. The summed E-state index contributed by atoms with van der Waals surface area (Å²) in [7, 11) is 1.13. The van der Waals surface area contributed by atoms with E-state index in [9.17, 15) is 14.4 Å². The number of hydrogen-bond donors (Lipinski definition) is 1. The lowest BCUT2D eigenvalue weighted by molar-refractivity contribution is -0.132. The summed E-state index contributed by atoms with van der Waals surface area (Å²) < 4.78 is 10.8. The standard InChI is InChI=1S/C10H8BrN3O5/c1-4(15)19-7-6(9(17)18-2)13-10-12-3-5(11)14(10)8(7)16/h3H,1-2H3,(H,12,13). The molecule has 0 atom stereocenters. The quantitative estimate of drug-likeness (QED) is 0.804. The highest BCUT2D eigenvalue weighted by molar-refractivity contribution is 9.10. The van der Waals surface area contributed by atoms with E-state index in [0.717, 1.165) is 18.4 Å². The zero-order valence-corrected chi connectivity index (χ0v) is 11.5. The minimum atomic E-state index is -0.874. The van der Waals surface area contributed by atoms with Crippen molar-refractivity contribution in [3.8, 4) is 5.75 Å². The van der Waals surface area contributed by atoms with Crippen LogP contribution < -0.4 is 10.3 Å². The molecule has 2 aromatic heterocycles. The lowest BCUT2D eigenvalue weighted by atomic mass is 10.3. The van der Waals surface area contributed by atoms with Crippen LogP contribution in [0.5, 0.6) is 5.75 Å². The van der Waals surface area contributed by atoms with E-state index in [1.165, 1.54) is 6.20 Å². The number of esters is 2. The van der Waals surface area contributed by atoms with Crippen molar-refractivity contribution < 1.29 is 19.1 Å². The number of H-pyrrole nitrogens is 1. The lowest BCUT2D eigenvalue weighted by Crippen LogP contribution is -2.24. The normalized spacial score (nSPS) is 10.5. The molecule has 0 radical (unpaired) electrons. The van der Waals surface area contributed by atoms with Gasteiger partial charge in [0.2, 0.25) is 17.2 Å². The van der Waals surface area contributed by atoms with E-state index in [-0.39, 0.29) is 11.5 Å². The molecule has 0 fully saturated rings. The van der Waals surface area contributed by atoms with Crippen LogP contribution in [0.2, 0.25) is 0 Å². The van der Waals surface area contributed by atoms with Crippen molar-refractivity contribution in [1.82, 2.24) is 14.4 Å². The van der Waals surface area contributed by atoms with Crippen molar-refractivity contribution in [3.63, 3.8) is 0 Å². The van der Waals surface area contributed by atoms with Crippen LogP contribution in [0.4, 0.5) is 0 Å². The van der Waals surface area contributed by atoms with Gasteiger partial charge in [-0.1, -0.05) is 0 Å². The van der Waals surface area contributed by atoms with E-state index in [1.807, 2.05) is 0 Å². The van der Waals surface area contributed by atoms with Gasteiger partial charge in [0.15, 0.2) is 0 Å². The molecule has 100 valence electrons. The smallest absolute Gasteiger partial charge is 0.360 e. The molecule has 2 rings (SSSR count). The van der Waals surface area contributed by atoms with Crippen molar-refractivity contribution in [2.45, 2.75) is 6.92 Å². The van der Waals surface area contributed by atoms with Crippen LogP contribution in [0.3, 0.4) is 0 Å².